The Hall–Kier alpha value is -2.45. The highest BCUT2D eigenvalue weighted by Gasteiger charge is 2.38. The lowest BCUT2D eigenvalue weighted by Gasteiger charge is -2.48. The van der Waals surface area contributed by atoms with E-state index in [1.54, 1.807) is 29.2 Å². The molecule has 3 fully saturated rings. The summed E-state index contributed by atoms with van der Waals surface area (Å²) in [5.74, 6) is -0.883. The highest BCUT2D eigenvalue weighted by molar-refractivity contribution is 6.03. The Kier molecular flexibility index (Phi) is 7.42. The molecule has 8 nitrogen and oxygen atoms in total. The van der Waals surface area contributed by atoms with Crippen LogP contribution in [0, 0.1) is 0 Å². The fourth-order valence-electron chi connectivity index (χ4n) is 5.16. The van der Waals surface area contributed by atoms with Crippen molar-refractivity contribution in [1.29, 1.82) is 0 Å². The van der Waals surface area contributed by atoms with Gasteiger partial charge < -0.3 is 19.7 Å². The Morgan fingerprint density at radius 3 is 2.50 bits per heavy atom. The molecule has 3 aliphatic rings. The van der Waals surface area contributed by atoms with E-state index in [9.17, 15) is 14.4 Å². The summed E-state index contributed by atoms with van der Waals surface area (Å²) < 4.78 is 10.8. The van der Waals surface area contributed by atoms with Gasteiger partial charge in [0.2, 0.25) is 5.91 Å². The highest BCUT2D eigenvalue weighted by Crippen LogP contribution is 2.34. The van der Waals surface area contributed by atoms with Crippen LogP contribution in [0.4, 0.5) is 5.69 Å². The van der Waals surface area contributed by atoms with Gasteiger partial charge in [0.25, 0.3) is 5.91 Å². The molecule has 1 aromatic carbocycles. The molecule has 0 aromatic heterocycles. The van der Waals surface area contributed by atoms with Crippen molar-refractivity contribution >= 4 is 23.5 Å². The van der Waals surface area contributed by atoms with Gasteiger partial charge >= 0.3 is 5.97 Å². The molecule has 1 aromatic rings. The van der Waals surface area contributed by atoms with Crippen LogP contribution in [0.2, 0.25) is 0 Å². The molecule has 4 rings (SSSR count). The van der Waals surface area contributed by atoms with E-state index in [-0.39, 0.29) is 24.0 Å². The van der Waals surface area contributed by atoms with Gasteiger partial charge in [-0.2, -0.15) is 0 Å². The third-order valence-electron chi connectivity index (χ3n) is 6.90. The third kappa shape index (κ3) is 5.13. The number of ether oxygens (including phenoxy) is 2. The fourth-order valence-corrected chi connectivity index (χ4v) is 5.16. The first kappa shape index (κ1) is 22.7. The highest BCUT2D eigenvalue weighted by atomic mass is 16.5. The molecule has 32 heavy (non-hydrogen) atoms. The summed E-state index contributed by atoms with van der Waals surface area (Å²) in [5.41, 5.74) is 0.825. The molecular formula is C24H33N3O5. The third-order valence-corrected chi connectivity index (χ3v) is 6.90. The molecule has 2 heterocycles. The maximum atomic E-state index is 12.7. The molecule has 1 saturated carbocycles. The van der Waals surface area contributed by atoms with Crippen molar-refractivity contribution in [3.8, 4) is 0 Å². The Morgan fingerprint density at radius 1 is 1.03 bits per heavy atom. The van der Waals surface area contributed by atoms with E-state index >= 15 is 0 Å². The largest absolute Gasteiger partial charge is 0.452 e. The van der Waals surface area contributed by atoms with Gasteiger partial charge in [-0.3, -0.25) is 14.5 Å². The quantitative estimate of drug-likeness (QED) is 0.650. The normalized spacial score (nSPS) is 21.4. The lowest BCUT2D eigenvalue weighted by atomic mass is 9.79. The molecule has 8 heteroatoms. The number of benzene rings is 1. The topological polar surface area (TPSA) is 88.2 Å². The summed E-state index contributed by atoms with van der Waals surface area (Å²) >= 11 is 0. The van der Waals surface area contributed by atoms with Crippen LogP contribution >= 0.6 is 0 Å². The second-order valence-corrected chi connectivity index (χ2v) is 8.90. The summed E-state index contributed by atoms with van der Waals surface area (Å²) in [6.07, 6.45) is 6.93. The van der Waals surface area contributed by atoms with E-state index in [0.29, 0.717) is 30.8 Å². The van der Waals surface area contributed by atoms with Gasteiger partial charge in [-0.05, 0) is 31.4 Å². The number of hydrogen-bond acceptors (Lipinski definition) is 6. The second-order valence-electron chi connectivity index (χ2n) is 8.90. The predicted molar refractivity (Wildman–Crippen MR) is 120 cm³/mol. The van der Waals surface area contributed by atoms with Gasteiger partial charge in [0.05, 0.1) is 24.5 Å². The molecule has 1 N–H and O–H groups in total. The summed E-state index contributed by atoms with van der Waals surface area (Å²) in [6.45, 7) is 4.04. The van der Waals surface area contributed by atoms with Gasteiger partial charge in [0, 0.05) is 38.1 Å². The fraction of sp³-hybridized carbons (Fsp3) is 0.625. The van der Waals surface area contributed by atoms with Crippen molar-refractivity contribution in [3.05, 3.63) is 29.8 Å². The first-order valence-electron chi connectivity index (χ1n) is 11.8. The predicted octanol–water partition coefficient (Wildman–Crippen LogP) is 2.12. The Bertz CT molecular complexity index is 831. The molecule has 0 radical (unpaired) electrons. The number of nitrogens with one attached hydrogen (secondary N) is 1. The van der Waals surface area contributed by atoms with Crippen LogP contribution in [0.3, 0.4) is 0 Å². The van der Waals surface area contributed by atoms with Crippen molar-refractivity contribution in [3.63, 3.8) is 0 Å². The molecule has 2 saturated heterocycles. The summed E-state index contributed by atoms with van der Waals surface area (Å²) in [5, 5.41) is 3.01. The number of para-hydroxylation sites is 1. The minimum Gasteiger partial charge on any atom is -0.452 e. The maximum Gasteiger partial charge on any atom is 0.340 e. The minimum absolute atomic E-state index is 0.00360. The molecule has 2 amide bonds. The van der Waals surface area contributed by atoms with E-state index in [2.05, 4.69) is 10.2 Å². The number of anilines is 1. The first-order valence-corrected chi connectivity index (χ1v) is 11.8. The molecular weight excluding hydrogens is 410 g/mol. The SMILES string of the molecule is O=C(COC(=O)c1ccccc1N1CCCC1=O)NCC1(N2CCOCC2)CCCCC1. The number of morpholine rings is 1. The zero-order chi connectivity index (χ0) is 22.4. The number of carbonyl (C=O) groups excluding carboxylic acids is 3. The van der Waals surface area contributed by atoms with E-state index in [1.807, 2.05) is 0 Å². The average Bonchev–Trinajstić information content (AvgIpc) is 3.28. The molecule has 2 aliphatic heterocycles. The average molecular weight is 444 g/mol. The van der Waals surface area contributed by atoms with Crippen molar-refractivity contribution in [2.75, 3.05) is 50.9 Å². The number of rotatable bonds is 7. The van der Waals surface area contributed by atoms with Crippen molar-refractivity contribution in [1.82, 2.24) is 10.2 Å². The van der Waals surface area contributed by atoms with E-state index in [4.69, 9.17) is 9.47 Å². The van der Waals surface area contributed by atoms with Crippen LogP contribution < -0.4 is 10.2 Å². The van der Waals surface area contributed by atoms with E-state index < -0.39 is 5.97 Å². The van der Waals surface area contributed by atoms with E-state index in [1.165, 1.54) is 6.42 Å². The van der Waals surface area contributed by atoms with Crippen molar-refractivity contribution in [2.45, 2.75) is 50.5 Å². The molecule has 0 unspecified atom stereocenters. The lowest BCUT2D eigenvalue weighted by molar-refractivity contribution is -0.125. The molecule has 0 bridgehead atoms. The zero-order valence-corrected chi connectivity index (χ0v) is 18.6. The number of esters is 1. The number of amides is 2. The minimum atomic E-state index is -0.587. The van der Waals surface area contributed by atoms with Crippen LogP contribution in [0.25, 0.3) is 0 Å². The summed E-state index contributed by atoms with van der Waals surface area (Å²) in [4.78, 5) is 41.4. The first-order chi connectivity index (χ1) is 15.6. The Balaban J connectivity index is 1.33. The van der Waals surface area contributed by atoms with Gasteiger partial charge in [0.15, 0.2) is 6.61 Å². The second kappa shape index (κ2) is 10.4. The maximum absolute atomic E-state index is 12.7. The molecule has 0 spiro atoms. The number of hydrogen-bond donors (Lipinski definition) is 1. The van der Waals surface area contributed by atoms with Crippen LogP contribution in [-0.4, -0.2) is 74.2 Å². The summed E-state index contributed by atoms with van der Waals surface area (Å²) in [6, 6.07) is 6.90. The van der Waals surface area contributed by atoms with E-state index in [0.717, 1.165) is 58.4 Å². The van der Waals surface area contributed by atoms with Crippen LogP contribution in [0.15, 0.2) is 24.3 Å². The molecule has 1 aliphatic carbocycles. The van der Waals surface area contributed by atoms with Crippen LogP contribution in [0.5, 0.6) is 0 Å². The van der Waals surface area contributed by atoms with Crippen LogP contribution in [0.1, 0.15) is 55.3 Å². The molecule has 0 atom stereocenters. The van der Waals surface area contributed by atoms with Gasteiger partial charge in [0.1, 0.15) is 0 Å². The Morgan fingerprint density at radius 2 is 1.78 bits per heavy atom. The standard InChI is InChI=1S/C24H33N3O5/c28-21(25-18-24(10-4-1-5-11-24)26-13-15-31-16-14-26)17-32-23(30)19-7-2-3-8-20(19)27-12-6-9-22(27)29/h2-3,7-8H,1,4-6,9-18H2,(H,25,28). The van der Waals surface area contributed by atoms with Gasteiger partial charge in [-0.15, -0.1) is 0 Å². The van der Waals surface area contributed by atoms with Gasteiger partial charge in [-0.1, -0.05) is 31.4 Å². The van der Waals surface area contributed by atoms with Crippen molar-refractivity contribution < 1.29 is 23.9 Å². The van der Waals surface area contributed by atoms with Crippen LogP contribution in [-0.2, 0) is 19.1 Å². The van der Waals surface area contributed by atoms with Crippen molar-refractivity contribution in [2.24, 2.45) is 0 Å². The number of carbonyl (C=O) groups is 3. The Labute approximate surface area is 189 Å². The lowest BCUT2D eigenvalue weighted by Crippen LogP contribution is -2.59. The smallest absolute Gasteiger partial charge is 0.340 e. The molecule has 174 valence electrons. The summed E-state index contributed by atoms with van der Waals surface area (Å²) in [7, 11) is 0. The number of nitrogens with zero attached hydrogens (tertiary/aromatic N) is 2. The van der Waals surface area contributed by atoms with Gasteiger partial charge in [-0.25, -0.2) is 4.79 Å². The zero-order valence-electron chi connectivity index (χ0n) is 18.6. The monoisotopic (exact) mass is 443 g/mol.